The van der Waals surface area contributed by atoms with E-state index in [9.17, 15) is 4.79 Å². The van der Waals surface area contributed by atoms with Crippen molar-refractivity contribution < 1.29 is 4.79 Å². The fraction of sp³-hybridized carbons (Fsp3) is 0.308. The van der Waals surface area contributed by atoms with Crippen LogP contribution in [0.5, 0.6) is 0 Å². The molecule has 2 heteroatoms. The molecular formula is C13H15NO. The van der Waals surface area contributed by atoms with Gasteiger partial charge in [-0.25, -0.2) is 0 Å². The van der Waals surface area contributed by atoms with Crippen LogP contribution in [0.1, 0.15) is 37.0 Å². The Morgan fingerprint density at radius 2 is 2.00 bits per heavy atom. The van der Waals surface area contributed by atoms with Crippen molar-refractivity contribution in [2.75, 3.05) is 0 Å². The van der Waals surface area contributed by atoms with E-state index in [0.717, 1.165) is 10.9 Å². The van der Waals surface area contributed by atoms with Gasteiger partial charge < -0.3 is 0 Å². The summed E-state index contributed by atoms with van der Waals surface area (Å²) in [6, 6.07) is 8.27. The van der Waals surface area contributed by atoms with Gasteiger partial charge in [0.05, 0.1) is 5.52 Å². The molecule has 0 saturated carbocycles. The molecule has 0 spiro atoms. The molecule has 0 atom stereocenters. The number of carbonyl (C=O) groups is 1. The zero-order chi connectivity index (χ0) is 11.0. The highest BCUT2D eigenvalue weighted by molar-refractivity contribution is 5.91. The molecule has 78 valence electrons. The molecule has 0 N–H and O–H groups in total. The summed E-state index contributed by atoms with van der Waals surface area (Å²) in [5.74, 6) is 0.551. The molecule has 1 heterocycles. The smallest absolute Gasteiger partial charge is 0.227 e. The van der Waals surface area contributed by atoms with E-state index >= 15 is 0 Å². The normalized spacial score (nSPS) is 11.2. The molecule has 15 heavy (non-hydrogen) atoms. The predicted octanol–water partition coefficient (Wildman–Crippen LogP) is 3.42. The summed E-state index contributed by atoms with van der Waals surface area (Å²) in [6.45, 7) is 5.89. The van der Waals surface area contributed by atoms with Crippen molar-refractivity contribution in [1.29, 1.82) is 0 Å². The van der Waals surface area contributed by atoms with Gasteiger partial charge >= 0.3 is 0 Å². The molecule has 0 aliphatic heterocycles. The van der Waals surface area contributed by atoms with Crippen LogP contribution in [0.2, 0.25) is 0 Å². The van der Waals surface area contributed by atoms with Gasteiger partial charge in [0.1, 0.15) is 0 Å². The van der Waals surface area contributed by atoms with Crippen LogP contribution in [-0.4, -0.2) is 10.5 Å². The highest BCUT2D eigenvalue weighted by Gasteiger charge is 2.06. The van der Waals surface area contributed by atoms with Crippen molar-refractivity contribution in [3.63, 3.8) is 0 Å². The van der Waals surface area contributed by atoms with E-state index in [0.29, 0.717) is 5.92 Å². The van der Waals surface area contributed by atoms with Crippen LogP contribution in [0.15, 0.2) is 30.5 Å². The molecule has 0 amide bonds. The number of benzene rings is 1. The molecule has 1 aromatic heterocycles. The van der Waals surface area contributed by atoms with Crippen LogP contribution >= 0.6 is 0 Å². The third kappa shape index (κ3) is 1.67. The molecular weight excluding hydrogens is 186 g/mol. The largest absolute Gasteiger partial charge is 0.287 e. The van der Waals surface area contributed by atoms with E-state index in [1.165, 1.54) is 5.56 Å². The number of rotatable bonds is 1. The molecule has 2 nitrogen and oxygen atoms in total. The monoisotopic (exact) mass is 201 g/mol. The molecule has 0 aliphatic carbocycles. The average Bonchev–Trinajstić information content (AvgIpc) is 2.59. The highest BCUT2D eigenvalue weighted by atomic mass is 16.1. The lowest BCUT2D eigenvalue weighted by Gasteiger charge is -2.06. The first-order valence-corrected chi connectivity index (χ1v) is 5.21. The van der Waals surface area contributed by atoms with Crippen molar-refractivity contribution >= 4 is 16.8 Å². The average molecular weight is 201 g/mol. The minimum absolute atomic E-state index is 0.0610. The van der Waals surface area contributed by atoms with Crippen LogP contribution in [0.25, 0.3) is 10.9 Å². The van der Waals surface area contributed by atoms with E-state index < -0.39 is 0 Å². The second-order valence-corrected chi connectivity index (χ2v) is 4.18. The lowest BCUT2D eigenvalue weighted by molar-refractivity contribution is 0.0941. The van der Waals surface area contributed by atoms with E-state index in [4.69, 9.17) is 0 Å². The second kappa shape index (κ2) is 3.54. The van der Waals surface area contributed by atoms with Gasteiger partial charge in [0, 0.05) is 18.5 Å². The van der Waals surface area contributed by atoms with E-state index in [1.807, 2.05) is 12.3 Å². The standard InChI is InChI=1S/C13H15NO/c1-9(2)12-5-4-11-6-7-14(10(3)15)13(11)8-12/h4-9H,1-3H3. The van der Waals surface area contributed by atoms with Gasteiger partial charge in [0.15, 0.2) is 0 Å². The third-order valence-electron chi connectivity index (χ3n) is 2.72. The summed E-state index contributed by atoms with van der Waals surface area (Å²) in [5.41, 5.74) is 2.28. The third-order valence-corrected chi connectivity index (χ3v) is 2.72. The molecule has 0 radical (unpaired) electrons. The Kier molecular flexibility index (Phi) is 2.35. The number of carbonyl (C=O) groups excluding carboxylic acids is 1. The van der Waals surface area contributed by atoms with Gasteiger partial charge in [-0.05, 0) is 23.6 Å². The van der Waals surface area contributed by atoms with Gasteiger partial charge in [-0.15, -0.1) is 0 Å². The molecule has 2 aromatic rings. The lowest BCUT2D eigenvalue weighted by atomic mass is 10.0. The van der Waals surface area contributed by atoms with Gasteiger partial charge in [0.25, 0.3) is 0 Å². The van der Waals surface area contributed by atoms with Crippen LogP contribution in [-0.2, 0) is 0 Å². The fourth-order valence-corrected chi connectivity index (χ4v) is 1.78. The zero-order valence-corrected chi connectivity index (χ0v) is 9.32. The van der Waals surface area contributed by atoms with Crippen molar-refractivity contribution in [1.82, 2.24) is 4.57 Å². The zero-order valence-electron chi connectivity index (χ0n) is 9.32. The maximum atomic E-state index is 11.4. The van der Waals surface area contributed by atoms with Gasteiger partial charge in [-0.1, -0.05) is 26.0 Å². The maximum absolute atomic E-state index is 11.4. The SMILES string of the molecule is CC(=O)n1ccc2ccc(C(C)C)cc21. The number of fused-ring (bicyclic) bond motifs is 1. The summed E-state index contributed by atoms with van der Waals surface area (Å²) in [4.78, 5) is 11.4. The molecule has 1 aromatic carbocycles. The second-order valence-electron chi connectivity index (χ2n) is 4.18. The van der Waals surface area contributed by atoms with Crippen LogP contribution in [0.4, 0.5) is 0 Å². The Hall–Kier alpha value is -1.57. The van der Waals surface area contributed by atoms with Crippen LogP contribution in [0.3, 0.4) is 0 Å². The molecule has 0 unspecified atom stereocenters. The highest BCUT2D eigenvalue weighted by Crippen LogP contribution is 2.22. The molecule has 2 rings (SSSR count). The van der Waals surface area contributed by atoms with Gasteiger partial charge in [0.2, 0.25) is 5.91 Å². The molecule has 0 saturated heterocycles. The summed E-state index contributed by atoms with van der Waals surface area (Å²) < 4.78 is 1.70. The first-order valence-electron chi connectivity index (χ1n) is 5.21. The Labute approximate surface area is 89.5 Å². The van der Waals surface area contributed by atoms with E-state index in [2.05, 4.69) is 32.0 Å². The number of aromatic nitrogens is 1. The maximum Gasteiger partial charge on any atom is 0.227 e. The number of hydrogen-bond acceptors (Lipinski definition) is 1. The number of hydrogen-bond donors (Lipinski definition) is 0. The molecule has 0 aliphatic rings. The van der Waals surface area contributed by atoms with Crippen molar-refractivity contribution in [2.45, 2.75) is 26.7 Å². The van der Waals surface area contributed by atoms with Crippen LogP contribution in [0, 0.1) is 0 Å². The Morgan fingerprint density at radius 3 is 2.60 bits per heavy atom. The summed E-state index contributed by atoms with van der Waals surface area (Å²) in [6.07, 6.45) is 1.83. The quantitative estimate of drug-likeness (QED) is 0.692. The van der Waals surface area contributed by atoms with Crippen molar-refractivity contribution in [3.8, 4) is 0 Å². The van der Waals surface area contributed by atoms with Crippen molar-refractivity contribution in [2.24, 2.45) is 0 Å². The number of nitrogens with zero attached hydrogens (tertiary/aromatic N) is 1. The fourth-order valence-electron chi connectivity index (χ4n) is 1.78. The predicted molar refractivity (Wildman–Crippen MR) is 62.3 cm³/mol. The molecule has 0 bridgehead atoms. The lowest BCUT2D eigenvalue weighted by Crippen LogP contribution is -2.03. The van der Waals surface area contributed by atoms with Gasteiger partial charge in [-0.2, -0.15) is 0 Å². The van der Waals surface area contributed by atoms with E-state index in [1.54, 1.807) is 11.5 Å². The minimum Gasteiger partial charge on any atom is -0.287 e. The first-order chi connectivity index (χ1) is 7.09. The Morgan fingerprint density at radius 1 is 1.27 bits per heavy atom. The Balaban J connectivity index is 2.66. The summed E-state index contributed by atoms with van der Waals surface area (Å²) in [5, 5.41) is 1.12. The van der Waals surface area contributed by atoms with Crippen molar-refractivity contribution in [3.05, 3.63) is 36.0 Å². The minimum atomic E-state index is 0.0610. The van der Waals surface area contributed by atoms with Gasteiger partial charge in [-0.3, -0.25) is 9.36 Å². The summed E-state index contributed by atoms with van der Waals surface area (Å²) in [7, 11) is 0. The summed E-state index contributed by atoms with van der Waals surface area (Å²) >= 11 is 0. The van der Waals surface area contributed by atoms with Crippen LogP contribution < -0.4 is 0 Å². The van der Waals surface area contributed by atoms with E-state index in [-0.39, 0.29) is 5.91 Å². The molecule has 0 fully saturated rings. The Bertz CT molecular complexity index is 508. The topological polar surface area (TPSA) is 22.0 Å². The first kappa shape index (κ1) is 9.97.